The quantitative estimate of drug-likeness (QED) is 0.719. The van der Waals surface area contributed by atoms with Gasteiger partial charge in [0.15, 0.2) is 0 Å². The van der Waals surface area contributed by atoms with Crippen LogP contribution in [0.4, 0.5) is 5.95 Å². The third-order valence-electron chi connectivity index (χ3n) is 8.53. The number of rotatable bonds is 4. The molecule has 4 bridgehead atoms. The molecule has 5 atom stereocenters. The van der Waals surface area contributed by atoms with Crippen LogP contribution in [0.1, 0.15) is 80.9 Å². The van der Waals surface area contributed by atoms with Gasteiger partial charge in [0.2, 0.25) is 5.95 Å². The Morgan fingerprint density at radius 2 is 1.91 bits per heavy atom. The van der Waals surface area contributed by atoms with Crippen LogP contribution in [0, 0.1) is 17.8 Å². The van der Waals surface area contributed by atoms with E-state index in [-0.39, 0.29) is 30.3 Å². The lowest BCUT2D eigenvalue weighted by Crippen LogP contribution is -2.61. The van der Waals surface area contributed by atoms with E-state index in [0.29, 0.717) is 41.6 Å². The summed E-state index contributed by atoms with van der Waals surface area (Å²) in [6.07, 6.45) is 8.40. The molecular weight excluding hydrogens is 420 g/mol. The summed E-state index contributed by atoms with van der Waals surface area (Å²) >= 11 is 0. The molecule has 3 heterocycles. The van der Waals surface area contributed by atoms with Crippen molar-refractivity contribution in [2.45, 2.75) is 88.7 Å². The Balaban J connectivity index is 1.25. The van der Waals surface area contributed by atoms with Crippen molar-refractivity contribution in [3.8, 4) is 0 Å². The van der Waals surface area contributed by atoms with Gasteiger partial charge in [0.1, 0.15) is 6.10 Å². The van der Waals surface area contributed by atoms with Crippen LogP contribution in [-0.2, 0) is 9.47 Å². The van der Waals surface area contributed by atoms with Gasteiger partial charge in [-0.05, 0) is 76.5 Å². The lowest BCUT2D eigenvalue weighted by Gasteiger charge is -2.58. The molecule has 180 valence electrons. The first-order valence-electron chi connectivity index (χ1n) is 12.8. The molecule has 2 saturated heterocycles. The normalized spacial score (nSPS) is 42.0. The highest BCUT2D eigenvalue weighted by Crippen LogP contribution is 2.55. The number of carbonyl (C=O) groups is 1. The van der Waals surface area contributed by atoms with E-state index in [2.05, 4.69) is 29.0 Å². The maximum absolute atomic E-state index is 13.5. The second-order valence-electron chi connectivity index (χ2n) is 11.3. The van der Waals surface area contributed by atoms with Crippen LogP contribution in [0.5, 0.6) is 0 Å². The van der Waals surface area contributed by atoms with Gasteiger partial charge in [-0.2, -0.15) is 0 Å². The molecule has 3 unspecified atom stereocenters. The third-order valence-corrected chi connectivity index (χ3v) is 8.53. The molecule has 1 aromatic rings. The Bertz CT molecular complexity index is 894. The highest BCUT2D eigenvalue weighted by Gasteiger charge is 2.55. The summed E-state index contributed by atoms with van der Waals surface area (Å²) in [5, 5.41) is 14.2. The minimum absolute atomic E-state index is 0.0970. The standard InChI is InChI=1S/C25H36N4O4/c1-14-12-29(13-15(2)33-14)24-26-11-19(22(28-24)20-4-3-5-32-20)23(30)27-21-17-6-16-7-18(21)10-25(31,8-16)9-17/h11,14-18,20-21,31H,3-10,12-13H2,1-2H3,(H,27,30)/t14-,15+,16?,17?,18?,20?,21-,25+. The van der Waals surface area contributed by atoms with Gasteiger partial charge in [0, 0.05) is 31.9 Å². The number of aromatic nitrogens is 2. The maximum atomic E-state index is 13.5. The Morgan fingerprint density at radius 3 is 2.55 bits per heavy atom. The molecule has 4 saturated carbocycles. The minimum atomic E-state index is -0.502. The third kappa shape index (κ3) is 4.04. The molecule has 1 aromatic heterocycles. The predicted molar refractivity (Wildman–Crippen MR) is 122 cm³/mol. The molecule has 2 aliphatic heterocycles. The summed E-state index contributed by atoms with van der Waals surface area (Å²) in [6.45, 7) is 6.29. The summed E-state index contributed by atoms with van der Waals surface area (Å²) < 4.78 is 11.8. The molecule has 0 aromatic carbocycles. The van der Waals surface area contributed by atoms with E-state index in [9.17, 15) is 9.90 Å². The summed E-state index contributed by atoms with van der Waals surface area (Å²) in [5.74, 6) is 1.90. The average molecular weight is 457 g/mol. The number of morpholine rings is 1. The summed E-state index contributed by atoms with van der Waals surface area (Å²) in [7, 11) is 0. The fourth-order valence-corrected chi connectivity index (χ4v) is 7.54. The Morgan fingerprint density at radius 1 is 1.18 bits per heavy atom. The van der Waals surface area contributed by atoms with E-state index in [0.717, 1.165) is 58.0 Å². The Labute approximate surface area is 195 Å². The summed E-state index contributed by atoms with van der Waals surface area (Å²) in [5.41, 5.74) is 0.745. The number of hydrogen-bond donors (Lipinski definition) is 2. The summed E-state index contributed by atoms with van der Waals surface area (Å²) in [6, 6.07) is 0.132. The van der Waals surface area contributed by atoms with Crippen molar-refractivity contribution in [2.24, 2.45) is 17.8 Å². The first-order chi connectivity index (χ1) is 15.9. The van der Waals surface area contributed by atoms with Gasteiger partial charge >= 0.3 is 0 Å². The zero-order chi connectivity index (χ0) is 22.7. The second kappa shape index (κ2) is 8.17. The van der Waals surface area contributed by atoms with Crippen LogP contribution in [0.2, 0.25) is 0 Å². The van der Waals surface area contributed by atoms with Crippen LogP contribution in [0.25, 0.3) is 0 Å². The number of carbonyl (C=O) groups excluding carboxylic acids is 1. The zero-order valence-electron chi connectivity index (χ0n) is 19.7. The molecular formula is C25H36N4O4. The van der Waals surface area contributed by atoms with Crippen LogP contribution in [0.3, 0.4) is 0 Å². The molecule has 6 aliphatic rings. The molecule has 8 nitrogen and oxygen atoms in total. The van der Waals surface area contributed by atoms with Gasteiger partial charge < -0.3 is 24.8 Å². The van der Waals surface area contributed by atoms with Crippen LogP contribution in [-0.4, -0.2) is 64.5 Å². The smallest absolute Gasteiger partial charge is 0.255 e. The molecule has 0 spiro atoms. The molecule has 8 heteroatoms. The second-order valence-corrected chi connectivity index (χ2v) is 11.3. The van der Waals surface area contributed by atoms with Gasteiger partial charge in [-0.1, -0.05) is 0 Å². The topological polar surface area (TPSA) is 96.8 Å². The lowest BCUT2D eigenvalue weighted by molar-refractivity contribution is -0.136. The van der Waals surface area contributed by atoms with E-state index in [1.165, 1.54) is 0 Å². The van der Waals surface area contributed by atoms with E-state index in [4.69, 9.17) is 14.5 Å². The van der Waals surface area contributed by atoms with Gasteiger partial charge in [0.05, 0.1) is 29.1 Å². The first-order valence-corrected chi connectivity index (χ1v) is 12.8. The lowest BCUT2D eigenvalue weighted by atomic mass is 9.52. The van der Waals surface area contributed by atoms with E-state index in [1.54, 1.807) is 6.20 Å². The molecule has 7 rings (SSSR count). The number of anilines is 1. The minimum Gasteiger partial charge on any atom is -0.390 e. The number of aliphatic hydroxyl groups is 1. The highest BCUT2D eigenvalue weighted by molar-refractivity contribution is 5.95. The van der Waals surface area contributed by atoms with Crippen LogP contribution < -0.4 is 10.2 Å². The SMILES string of the molecule is C[C@@H]1CN(c2ncc(C(=O)N[C@H]3C4CC5CC3C[C@@](O)(C5)C4)c(C3CCCO3)n2)C[C@H](C)O1. The first kappa shape index (κ1) is 21.7. The number of ether oxygens (including phenoxy) is 2. The molecule has 33 heavy (non-hydrogen) atoms. The molecule has 4 aliphatic carbocycles. The van der Waals surface area contributed by atoms with Crippen molar-refractivity contribution in [1.82, 2.24) is 15.3 Å². The molecule has 6 fully saturated rings. The average Bonchev–Trinajstić information content (AvgIpc) is 3.29. The van der Waals surface area contributed by atoms with Crippen LogP contribution >= 0.6 is 0 Å². The Kier molecular flexibility index (Phi) is 5.38. The van der Waals surface area contributed by atoms with Gasteiger partial charge in [-0.25, -0.2) is 9.97 Å². The fourth-order valence-electron chi connectivity index (χ4n) is 7.54. The highest BCUT2D eigenvalue weighted by atomic mass is 16.5. The van der Waals surface area contributed by atoms with E-state index < -0.39 is 5.60 Å². The number of nitrogens with zero attached hydrogens (tertiary/aromatic N) is 3. The monoisotopic (exact) mass is 456 g/mol. The van der Waals surface area contributed by atoms with Crippen molar-refractivity contribution in [3.63, 3.8) is 0 Å². The zero-order valence-corrected chi connectivity index (χ0v) is 19.7. The van der Waals surface area contributed by atoms with Crippen molar-refractivity contribution in [2.75, 3.05) is 24.6 Å². The number of amides is 1. The predicted octanol–water partition coefficient (Wildman–Crippen LogP) is 2.61. The largest absolute Gasteiger partial charge is 0.390 e. The van der Waals surface area contributed by atoms with Crippen molar-refractivity contribution in [1.29, 1.82) is 0 Å². The number of nitrogens with one attached hydrogen (secondary N) is 1. The molecule has 1 amide bonds. The summed E-state index contributed by atoms with van der Waals surface area (Å²) in [4.78, 5) is 25.2. The van der Waals surface area contributed by atoms with Gasteiger partial charge in [0.25, 0.3) is 5.91 Å². The van der Waals surface area contributed by atoms with Crippen molar-refractivity contribution < 1.29 is 19.4 Å². The van der Waals surface area contributed by atoms with Crippen LogP contribution in [0.15, 0.2) is 6.20 Å². The fraction of sp³-hybridized carbons (Fsp3) is 0.800. The van der Waals surface area contributed by atoms with E-state index >= 15 is 0 Å². The Hall–Kier alpha value is -1.77. The van der Waals surface area contributed by atoms with Crippen molar-refractivity contribution >= 4 is 11.9 Å². The molecule has 2 N–H and O–H groups in total. The molecule has 0 radical (unpaired) electrons. The van der Waals surface area contributed by atoms with Gasteiger partial charge in [-0.15, -0.1) is 0 Å². The number of hydrogen-bond acceptors (Lipinski definition) is 7. The van der Waals surface area contributed by atoms with Gasteiger partial charge in [-0.3, -0.25) is 4.79 Å². The van der Waals surface area contributed by atoms with E-state index in [1.807, 2.05) is 0 Å². The maximum Gasteiger partial charge on any atom is 0.255 e. The van der Waals surface area contributed by atoms with Crippen molar-refractivity contribution in [3.05, 3.63) is 17.5 Å².